The number of nitrogens with zero attached hydrogens (tertiary/aromatic N) is 5. The van der Waals surface area contributed by atoms with Crippen molar-refractivity contribution in [2.75, 3.05) is 63.1 Å². The highest BCUT2D eigenvalue weighted by atomic mass is 16.2. The van der Waals surface area contributed by atoms with E-state index in [0.29, 0.717) is 6.42 Å². The fourth-order valence-corrected chi connectivity index (χ4v) is 4.10. The van der Waals surface area contributed by atoms with Crippen molar-refractivity contribution in [1.29, 1.82) is 0 Å². The van der Waals surface area contributed by atoms with Crippen LogP contribution in [0.3, 0.4) is 0 Å². The summed E-state index contributed by atoms with van der Waals surface area (Å²) in [6.07, 6.45) is 2.62. The molecule has 30 heavy (non-hydrogen) atoms. The van der Waals surface area contributed by atoms with Gasteiger partial charge in [-0.3, -0.25) is 4.79 Å². The zero-order valence-electron chi connectivity index (χ0n) is 18.1. The minimum atomic E-state index is 0.287. The van der Waals surface area contributed by atoms with Crippen LogP contribution < -0.4 is 10.2 Å². The van der Waals surface area contributed by atoms with Crippen LogP contribution in [0.2, 0.25) is 0 Å². The number of aryl methyl sites for hydroxylation is 1. The Bertz CT molecular complexity index is 860. The quantitative estimate of drug-likeness (QED) is 0.711. The summed E-state index contributed by atoms with van der Waals surface area (Å²) in [6, 6.07) is 10.6. The highest BCUT2D eigenvalue weighted by Crippen LogP contribution is 2.23. The van der Waals surface area contributed by atoms with Gasteiger partial charge in [-0.1, -0.05) is 0 Å². The lowest BCUT2D eigenvalue weighted by atomic mass is 10.1. The van der Waals surface area contributed by atoms with E-state index in [-0.39, 0.29) is 5.91 Å². The van der Waals surface area contributed by atoms with Crippen LogP contribution in [-0.2, 0) is 4.79 Å². The minimum absolute atomic E-state index is 0.287. The van der Waals surface area contributed by atoms with Crippen molar-refractivity contribution in [2.45, 2.75) is 26.2 Å². The van der Waals surface area contributed by atoms with E-state index in [2.05, 4.69) is 51.4 Å². The van der Waals surface area contributed by atoms with Gasteiger partial charge in [0.1, 0.15) is 5.82 Å². The van der Waals surface area contributed by atoms with E-state index in [1.54, 1.807) is 0 Å². The van der Waals surface area contributed by atoms with Crippen LogP contribution in [0.4, 0.5) is 11.5 Å². The molecule has 4 rings (SSSR count). The molecule has 2 aromatic rings. The standard InChI is InChI=1S/C23H32N6O/c1-18-17-21(24-10-4-12-29-11-3-5-22(29)30)26-23(25-18)19-6-8-20(9-7-19)28-15-13-27(2)14-16-28/h6-9,17H,3-5,10-16H2,1-2H3,(H,24,25,26). The largest absolute Gasteiger partial charge is 0.370 e. The van der Waals surface area contributed by atoms with E-state index in [1.165, 1.54) is 5.69 Å². The molecule has 7 heteroatoms. The number of hydrogen-bond acceptors (Lipinski definition) is 6. The number of likely N-dealkylation sites (tertiary alicyclic amines) is 1. The van der Waals surface area contributed by atoms with Crippen LogP contribution in [0.1, 0.15) is 25.0 Å². The third-order valence-corrected chi connectivity index (χ3v) is 5.93. The summed E-state index contributed by atoms with van der Waals surface area (Å²) in [4.78, 5) is 27.8. The van der Waals surface area contributed by atoms with Crippen LogP contribution in [-0.4, -0.2) is 78.5 Å². The topological polar surface area (TPSA) is 64.6 Å². The highest BCUT2D eigenvalue weighted by molar-refractivity contribution is 5.78. The molecule has 0 unspecified atom stereocenters. The molecule has 2 aliphatic heterocycles. The molecule has 2 aliphatic rings. The normalized spacial score (nSPS) is 17.6. The average molecular weight is 409 g/mol. The maximum atomic E-state index is 11.7. The van der Waals surface area contributed by atoms with E-state index >= 15 is 0 Å². The number of benzene rings is 1. The van der Waals surface area contributed by atoms with E-state index in [4.69, 9.17) is 4.98 Å². The van der Waals surface area contributed by atoms with Gasteiger partial charge in [0.15, 0.2) is 5.82 Å². The maximum absolute atomic E-state index is 11.7. The Morgan fingerprint density at radius 2 is 1.80 bits per heavy atom. The molecule has 0 saturated carbocycles. The van der Waals surface area contributed by atoms with Gasteiger partial charge in [-0.2, -0.15) is 0 Å². The summed E-state index contributed by atoms with van der Waals surface area (Å²) in [5, 5.41) is 3.40. The van der Waals surface area contributed by atoms with Gasteiger partial charge in [0, 0.05) is 75.2 Å². The Morgan fingerprint density at radius 3 is 2.50 bits per heavy atom. The molecule has 0 atom stereocenters. The molecule has 3 heterocycles. The Morgan fingerprint density at radius 1 is 1.03 bits per heavy atom. The van der Waals surface area contributed by atoms with Crippen molar-refractivity contribution in [3.8, 4) is 11.4 Å². The first-order valence-electron chi connectivity index (χ1n) is 11.0. The second kappa shape index (κ2) is 9.43. The van der Waals surface area contributed by atoms with Crippen LogP contribution >= 0.6 is 0 Å². The third kappa shape index (κ3) is 5.08. The molecule has 1 N–H and O–H groups in total. The molecule has 2 saturated heterocycles. The van der Waals surface area contributed by atoms with Crippen molar-refractivity contribution in [1.82, 2.24) is 19.8 Å². The van der Waals surface area contributed by atoms with E-state index in [1.807, 2.05) is 17.9 Å². The van der Waals surface area contributed by atoms with Gasteiger partial charge in [-0.05, 0) is 51.1 Å². The summed E-state index contributed by atoms with van der Waals surface area (Å²) < 4.78 is 0. The number of anilines is 2. The second-order valence-electron chi connectivity index (χ2n) is 8.32. The summed E-state index contributed by atoms with van der Waals surface area (Å²) in [5.74, 6) is 1.88. The zero-order chi connectivity index (χ0) is 20.9. The fraction of sp³-hybridized carbons (Fsp3) is 0.522. The molecule has 0 bridgehead atoms. The van der Waals surface area contributed by atoms with Gasteiger partial charge >= 0.3 is 0 Å². The molecule has 160 valence electrons. The lowest BCUT2D eigenvalue weighted by molar-refractivity contribution is -0.127. The molecule has 1 amide bonds. The summed E-state index contributed by atoms with van der Waals surface area (Å²) in [6.45, 7) is 8.84. The Labute approximate surface area is 179 Å². The SMILES string of the molecule is Cc1cc(NCCCN2CCCC2=O)nc(-c2ccc(N3CCN(C)CC3)cc2)n1. The van der Waals surface area contributed by atoms with Crippen molar-refractivity contribution in [2.24, 2.45) is 0 Å². The molecular formula is C23H32N6O. The van der Waals surface area contributed by atoms with Crippen molar-refractivity contribution in [3.05, 3.63) is 36.0 Å². The second-order valence-corrected chi connectivity index (χ2v) is 8.32. The third-order valence-electron chi connectivity index (χ3n) is 5.93. The molecule has 1 aromatic heterocycles. The van der Waals surface area contributed by atoms with E-state index in [0.717, 1.165) is 81.6 Å². The molecule has 2 fully saturated rings. The first kappa shape index (κ1) is 20.6. The summed E-state index contributed by atoms with van der Waals surface area (Å²) in [5.41, 5.74) is 3.23. The van der Waals surface area contributed by atoms with E-state index < -0.39 is 0 Å². The van der Waals surface area contributed by atoms with Crippen LogP contribution in [0.25, 0.3) is 11.4 Å². The number of nitrogens with one attached hydrogen (secondary N) is 1. The van der Waals surface area contributed by atoms with Crippen LogP contribution in [0, 0.1) is 6.92 Å². The number of rotatable bonds is 7. The predicted molar refractivity (Wildman–Crippen MR) is 121 cm³/mol. The molecule has 7 nitrogen and oxygen atoms in total. The molecule has 1 aromatic carbocycles. The minimum Gasteiger partial charge on any atom is -0.370 e. The van der Waals surface area contributed by atoms with Gasteiger partial charge < -0.3 is 20.0 Å². The molecule has 0 spiro atoms. The van der Waals surface area contributed by atoms with Gasteiger partial charge in [-0.25, -0.2) is 9.97 Å². The predicted octanol–water partition coefficient (Wildman–Crippen LogP) is 2.63. The zero-order valence-corrected chi connectivity index (χ0v) is 18.1. The van der Waals surface area contributed by atoms with Gasteiger partial charge in [0.2, 0.25) is 5.91 Å². The summed E-state index contributed by atoms with van der Waals surface area (Å²) in [7, 11) is 2.17. The molecule has 0 radical (unpaired) electrons. The van der Waals surface area contributed by atoms with Crippen LogP contribution in [0.5, 0.6) is 0 Å². The number of piperazine rings is 1. The number of amides is 1. The lowest BCUT2D eigenvalue weighted by Crippen LogP contribution is -2.44. The van der Waals surface area contributed by atoms with Crippen molar-refractivity contribution >= 4 is 17.4 Å². The number of carbonyl (C=O) groups excluding carboxylic acids is 1. The highest BCUT2D eigenvalue weighted by Gasteiger charge is 2.19. The van der Waals surface area contributed by atoms with Gasteiger partial charge in [-0.15, -0.1) is 0 Å². The van der Waals surface area contributed by atoms with Crippen molar-refractivity contribution < 1.29 is 4.79 Å². The Kier molecular flexibility index (Phi) is 6.47. The van der Waals surface area contributed by atoms with Gasteiger partial charge in [0.05, 0.1) is 0 Å². The van der Waals surface area contributed by atoms with Crippen LogP contribution in [0.15, 0.2) is 30.3 Å². The average Bonchev–Trinajstić information content (AvgIpc) is 3.16. The maximum Gasteiger partial charge on any atom is 0.222 e. The first-order chi connectivity index (χ1) is 14.6. The van der Waals surface area contributed by atoms with E-state index in [9.17, 15) is 4.79 Å². The molecular weight excluding hydrogens is 376 g/mol. The lowest BCUT2D eigenvalue weighted by Gasteiger charge is -2.34. The fourth-order valence-electron chi connectivity index (χ4n) is 4.10. The monoisotopic (exact) mass is 408 g/mol. The molecule has 0 aliphatic carbocycles. The smallest absolute Gasteiger partial charge is 0.222 e. The Hall–Kier alpha value is -2.67. The van der Waals surface area contributed by atoms with Gasteiger partial charge in [0.25, 0.3) is 0 Å². The Balaban J connectivity index is 1.36. The number of aromatic nitrogens is 2. The number of likely N-dealkylation sites (N-methyl/N-ethyl adjacent to an activating group) is 1. The van der Waals surface area contributed by atoms with Crippen molar-refractivity contribution in [3.63, 3.8) is 0 Å². The number of hydrogen-bond donors (Lipinski definition) is 1. The first-order valence-corrected chi connectivity index (χ1v) is 11.0. The summed E-state index contributed by atoms with van der Waals surface area (Å²) >= 11 is 0. The number of carbonyl (C=O) groups is 1.